The first kappa shape index (κ1) is 17.6. The summed E-state index contributed by atoms with van der Waals surface area (Å²) in [6.07, 6.45) is 4.45. The van der Waals surface area contributed by atoms with E-state index in [4.69, 9.17) is 13.1 Å². The summed E-state index contributed by atoms with van der Waals surface area (Å²) in [6.45, 7) is 4.67. The minimum atomic E-state index is -0.193. The minimum absolute atomic E-state index is 0.193. The first-order chi connectivity index (χ1) is 11.8. The Bertz CT molecular complexity index is 759. The van der Waals surface area contributed by atoms with E-state index in [-0.39, 0.29) is 5.31 Å². The Balaban J connectivity index is 1.76. The van der Waals surface area contributed by atoms with Crippen molar-refractivity contribution in [1.82, 2.24) is 0 Å². The molecule has 25 heavy (non-hydrogen) atoms. The fraction of sp³-hybridized carbons (Fsp3) is 0.409. The Morgan fingerprint density at radius 2 is 1.36 bits per heavy atom. The van der Waals surface area contributed by atoms with Crippen LogP contribution in [0.3, 0.4) is 0 Å². The highest BCUT2D eigenvalue weighted by atomic mass is 15.1. The van der Waals surface area contributed by atoms with Gasteiger partial charge in [-0.1, -0.05) is 44.4 Å². The number of hydrogen-bond acceptors (Lipinski definition) is 2. The van der Waals surface area contributed by atoms with Crippen LogP contribution >= 0.6 is 0 Å². The van der Waals surface area contributed by atoms with Crippen LogP contribution in [-0.2, 0) is 5.31 Å². The quantitative estimate of drug-likeness (QED) is 0.716. The molecule has 0 heterocycles. The molecule has 2 nitrogen and oxygen atoms in total. The fourth-order valence-corrected chi connectivity index (χ4v) is 3.59. The highest BCUT2D eigenvalue weighted by molar-refractivity contribution is 6.16. The topological polar surface area (TPSA) is 27.0 Å². The molecule has 0 spiro atoms. The number of benzene rings is 2. The predicted octanol–water partition coefficient (Wildman–Crippen LogP) is 5.29. The Hall–Kier alpha value is -2.21. The van der Waals surface area contributed by atoms with Gasteiger partial charge in [-0.15, -0.1) is 0 Å². The zero-order valence-corrected chi connectivity index (χ0v) is 15.4. The SMILES string of the molecule is [B]C1(c2ccc(N(C)c3ccc(C#N)cc3)cc2)CCC(C)(C)CC1. The minimum Gasteiger partial charge on any atom is -0.345 e. The average molecular weight is 328 g/mol. The van der Waals surface area contributed by atoms with Gasteiger partial charge >= 0.3 is 0 Å². The van der Waals surface area contributed by atoms with E-state index in [0.29, 0.717) is 11.0 Å². The summed E-state index contributed by atoms with van der Waals surface area (Å²) in [4.78, 5) is 2.12. The van der Waals surface area contributed by atoms with Crippen molar-refractivity contribution in [3.05, 3.63) is 59.7 Å². The molecule has 0 unspecified atom stereocenters. The van der Waals surface area contributed by atoms with Gasteiger partial charge in [-0.2, -0.15) is 5.26 Å². The molecule has 0 bridgehead atoms. The molecule has 2 aromatic carbocycles. The number of nitriles is 1. The van der Waals surface area contributed by atoms with Crippen LogP contribution < -0.4 is 4.90 Å². The van der Waals surface area contributed by atoms with E-state index in [0.717, 1.165) is 24.2 Å². The molecule has 0 atom stereocenters. The molecule has 0 aromatic heterocycles. The lowest BCUT2D eigenvalue weighted by molar-refractivity contribution is 0.206. The largest absolute Gasteiger partial charge is 0.345 e. The lowest BCUT2D eigenvalue weighted by Crippen LogP contribution is -2.35. The van der Waals surface area contributed by atoms with Gasteiger partial charge in [0.25, 0.3) is 0 Å². The van der Waals surface area contributed by atoms with Gasteiger partial charge < -0.3 is 4.90 Å². The molecular weight excluding hydrogens is 303 g/mol. The average Bonchev–Trinajstić information content (AvgIpc) is 2.64. The van der Waals surface area contributed by atoms with Gasteiger partial charge in [-0.25, -0.2) is 0 Å². The highest BCUT2D eigenvalue weighted by Gasteiger charge is 2.35. The van der Waals surface area contributed by atoms with Crippen LogP contribution in [0.25, 0.3) is 0 Å². The highest BCUT2D eigenvalue weighted by Crippen LogP contribution is 2.45. The molecule has 0 saturated heterocycles. The molecule has 0 aliphatic heterocycles. The van der Waals surface area contributed by atoms with Gasteiger partial charge in [-0.3, -0.25) is 0 Å². The first-order valence-corrected chi connectivity index (χ1v) is 8.96. The predicted molar refractivity (Wildman–Crippen MR) is 105 cm³/mol. The lowest BCUT2D eigenvalue weighted by atomic mass is 9.53. The molecule has 1 aliphatic rings. The lowest BCUT2D eigenvalue weighted by Gasteiger charge is -2.42. The third-order valence-electron chi connectivity index (χ3n) is 5.71. The molecule has 1 saturated carbocycles. The van der Waals surface area contributed by atoms with Gasteiger partial charge in [0.15, 0.2) is 0 Å². The van der Waals surface area contributed by atoms with Crippen LogP contribution in [0.15, 0.2) is 48.5 Å². The maximum atomic E-state index is 8.92. The second kappa shape index (κ2) is 6.60. The van der Waals surface area contributed by atoms with Crippen molar-refractivity contribution in [3.8, 4) is 6.07 Å². The molecule has 2 radical (unpaired) electrons. The van der Waals surface area contributed by atoms with Crippen molar-refractivity contribution in [2.45, 2.75) is 44.8 Å². The molecular formula is C22H25BN2. The summed E-state index contributed by atoms with van der Waals surface area (Å²) < 4.78 is 0. The van der Waals surface area contributed by atoms with E-state index in [2.05, 4.69) is 49.1 Å². The van der Waals surface area contributed by atoms with Crippen molar-refractivity contribution in [2.24, 2.45) is 5.41 Å². The van der Waals surface area contributed by atoms with Crippen molar-refractivity contribution < 1.29 is 0 Å². The summed E-state index contributed by atoms with van der Waals surface area (Å²) >= 11 is 0. The molecule has 0 N–H and O–H groups in total. The van der Waals surface area contributed by atoms with E-state index in [1.807, 2.05) is 31.3 Å². The Morgan fingerprint density at radius 1 is 0.880 bits per heavy atom. The maximum Gasteiger partial charge on any atom is 0.0991 e. The maximum absolute atomic E-state index is 8.92. The molecule has 126 valence electrons. The fourth-order valence-electron chi connectivity index (χ4n) is 3.59. The Labute approximate surface area is 152 Å². The molecule has 1 fully saturated rings. The van der Waals surface area contributed by atoms with E-state index in [1.165, 1.54) is 18.4 Å². The van der Waals surface area contributed by atoms with Crippen molar-refractivity contribution in [3.63, 3.8) is 0 Å². The Morgan fingerprint density at radius 3 is 1.84 bits per heavy atom. The smallest absolute Gasteiger partial charge is 0.0991 e. The van der Waals surface area contributed by atoms with Gasteiger partial charge in [0.1, 0.15) is 0 Å². The van der Waals surface area contributed by atoms with E-state index < -0.39 is 0 Å². The van der Waals surface area contributed by atoms with Gasteiger partial charge in [0.05, 0.1) is 19.5 Å². The van der Waals surface area contributed by atoms with Gasteiger partial charge in [-0.05, 0) is 60.0 Å². The summed E-state index contributed by atoms with van der Waals surface area (Å²) in [5.41, 5.74) is 4.51. The second-order valence-corrected chi connectivity index (χ2v) is 8.08. The van der Waals surface area contributed by atoms with E-state index >= 15 is 0 Å². The van der Waals surface area contributed by atoms with E-state index in [9.17, 15) is 0 Å². The number of rotatable bonds is 3. The van der Waals surface area contributed by atoms with Crippen LogP contribution in [-0.4, -0.2) is 14.9 Å². The van der Waals surface area contributed by atoms with Crippen molar-refractivity contribution in [1.29, 1.82) is 5.26 Å². The third kappa shape index (κ3) is 3.74. The Kier molecular flexibility index (Phi) is 4.65. The first-order valence-electron chi connectivity index (χ1n) is 8.96. The summed E-state index contributed by atoms with van der Waals surface area (Å²) in [6, 6.07) is 18.4. The molecule has 1 aliphatic carbocycles. The number of anilines is 2. The second-order valence-electron chi connectivity index (χ2n) is 8.08. The zero-order chi connectivity index (χ0) is 18.1. The summed E-state index contributed by atoms with van der Waals surface area (Å²) in [7, 11) is 8.77. The monoisotopic (exact) mass is 328 g/mol. The molecule has 0 amide bonds. The summed E-state index contributed by atoms with van der Waals surface area (Å²) in [5, 5.41) is 8.73. The zero-order valence-electron chi connectivity index (χ0n) is 15.4. The van der Waals surface area contributed by atoms with Crippen molar-refractivity contribution >= 4 is 19.2 Å². The normalized spacial score (nSPS) is 18.3. The molecule has 2 aromatic rings. The van der Waals surface area contributed by atoms with Crippen LogP contribution in [0.4, 0.5) is 11.4 Å². The number of nitrogens with zero attached hydrogens (tertiary/aromatic N) is 2. The van der Waals surface area contributed by atoms with Crippen LogP contribution in [0.2, 0.25) is 0 Å². The van der Waals surface area contributed by atoms with E-state index in [1.54, 1.807) is 0 Å². The molecule has 3 heteroatoms. The van der Waals surface area contributed by atoms with Gasteiger partial charge in [0.2, 0.25) is 0 Å². The van der Waals surface area contributed by atoms with Crippen LogP contribution in [0.5, 0.6) is 0 Å². The van der Waals surface area contributed by atoms with Gasteiger partial charge in [0, 0.05) is 18.4 Å². The van der Waals surface area contributed by atoms with Crippen molar-refractivity contribution in [2.75, 3.05) is 11.9 Å². The third-order valence-corrected chi connectivity index (χ3v) is 5.71. The standard InChI is InChI=1S/C22H25BN2/c1-21(2)12-14-22(23,15-13-21)18-6-10-20(11-7-18)25(3)19-8-4-17(16-24)5-9-19/h4-11H,12-15H2,1-3H3. The number of hydrogen-bond donors (Lipinski definition) is 0. The van der Waals surface area contributed by atoms with Crippen LogP contribution in [0, 0.1) is 16.7 Å². The summed E-state index contributed by atoms with van der Waals surface area (Å²) in [5.74, 6) is 0. The van der Waals surface area contributed by atoms with Crippen LogP contribution in [0.1, 0.15) is 50.7 Å². The molecule has 3 rings (SSSR count).